The maximum absolute atomic E-state index is 11.7. The van der Waals surface area contributed by atoms with Crippen LogP contribution in [0.4, 0.5) is 0 Å². The lowest BCUT2D eigenvalue weighted by molar-refractivity contribution is 0.512. The molecular formula is C12H21N3O4S. The highest BCUT2D eigenvalue weighted by atomic mass is 32.2. The number of aromatic nitrogens is 2. The van der Waals surface area contributed by atoms with Crippen molar-refractivity contribution < 1.29 is 8.42 Å². The Morgan fingerprint density at radius 1 is 1.20 bits per heavy atom. The molecule has 7 nitrogen and oxygen atoms in total. The van der Waals surface area contributed by atoms with Crippen LogP contribution in [0.15, 0.2) is 15.7 Å². The first-order chi connectivity index (χ1) is 8.97. The minimum Gasteiger partial charge on any atom is -0.310 e. The van der Waals surface area contributed by atoms with Gasteiger partial charge >= 0.3 is 5.69 Å². The first kappa shape index (κ1) is 16.6. The molecule has 0 unspecified atom stereocenters. The van der Waals surface area contributed by atoms with Crippen LogP contribution in [0, 0.1) is 0 Å². The lowest BCUT2D eigenvalue weighted by Crippen LogP contribution is -2.43. The summed E-state index contributed by atoms with van der Waals surface area (Å²) in [5.74, 6) is 0. The molecule has 1 N–H and O–H groups in total. The molecule has 0 fully saturated rings. The predicted octanol–water partition coefficient (Wildman–Crippen LogP) is -1.00. The van der Waals surface area contributed by atoms with Gasteiger partial charge in [0.25, 0.3) is 5.56 Å². The van der Waals surface area contributed by atoms with Gasteiger partial charge in [0.15, 0.2) is 9.84 Å². The molecule has 1 aromatic heterocycles. The van der Waals surface area contributed by atoms with Gasteiger partial charge in [0, 0.05) is 45.2 Å². The smallest absolute Gasteiger partial charge is 0.310 e. The number of nitrogens with zero attached hydrogens (tertiary/aromatic N) is 2. The largest absolute Gasteiger partial charge is 0.330 e. The second-order valence-corrected chi connectivity index (χ2v) is 8.16. The van der Waals surface area contributed by atoms with Gasteiger partial charge in [-0.15, -0.1) is 0 Å². The number of hydrogen-bond acceptors (Lipinski definition) is 5. The Bertz CT molecular complexity index is 713. The Morgan fingerprint density at radius 3 is 2.25 bits per heavy atom. The molecule has 0 saturated heterocycles. The molecule has 114 valence electrons. The second-order valence-electron chi connectivity index (χ2n) is 5.51. The van der Waals surface area contributed by atoms with Gasteiger partial charge in [-0.1, -0.05) is 0 Å². The minimum atomic E-state index is -3.19. The van der Waals surface area contributed by atoms with E-state index in [1.807, 2.05) is 0 Å². The Balaban J connectivity index is 2.89. The van der Waals surface area contributed by atoms with Gasteiger partial charge in [0.2, 0.25) is 0 Å². The molecule has 1 rings (SSSR count). The monoisotopic (exact) mass is 303 g/mol. The third-order valence-electron chi connectivity index (χ3n) is 3.49. The lowest BCUT2D eigenvalue weighted by Gasteiger charge is -2.23. The maximum atomic E-state index is 11.7. The van der Waals surface area contributed by atoms with Crippen LogP contribution in [0.2, 0.25) is 0 Å². The topological polar surface area (TPSA) is 90.2 Å². The molecule has 0 radical (unpaired) electrons. The summed E-state index contributed by atoms with van der Waals surface area (Å²) in [6, 6.07) is 1.36. The fraction of sp³-hybridized carbons (Fsp3) is 0.667. The molecule has 0 aliphatic rings. The van der Waals surface area contributed by atoms with Crippen molar-refractivity contribution >= 4 is 9.84 Å². The molecule has 1 heterocycles. The average Bonchev–Trinajstić information content (AvgIpc) is 2.31. The van der Waals surface area contributed by atoms with E-state index in [-0.39, 0.29) is 18.6 Å². The molecule has 0 amide bonds. The highest BCUT2D eigenvalue weighted by Gasteiger charge is 2.29. The fourth-order valence-corrected chi connectivity index (χ4v) is 1.93. The Kier molecular flexibility index (Phi) is 4.60. The zero-order valence-corrected chi connectivity index (χ0v) is 13.2. The standard InChI is InChI=1S/C12H21N3O4S/c1-12(2,20(5,18)19)8-13-7-9-6-10(16)15(4)11(17)14(9)3/h6,13H,7-8H2,1-5H3. The molecule has 0 aliphatic carbocycles. The van der Waals surface area contributed by atoms with Crippen molar-refractivity contribution in [2.45, 2.75) is 25.1 Å². The normalized spacial score (nSPS) is 12.7. The zero-order valence-electron chi connectivity index (χ0n) is 12.4. The average molecular weight is 303 g/mol. The van der Waals surface area contributed by atoms with E-state index in [9.17, 15) is 18.0 Å². The van der Waals surface area contributed by atoms with Crippen LogP contribution in [0.25, 0.3) is 0 Å². The molecule has 0 atom stereocenters. The van der Waals surface area contributed by atoms with Crippen molar-refractivity contribution in [3.63, 3.8) is 0 Å². The SMILES string of the molecule is Cn1c(CNCC(C)(C)S(C)(=O)=O)cc(=O)n(C)c1=O. The third kappa shape index (κ3) is 3.37. The molecular weight excluding hydrogens is 282 g/mol. The number of rotatable bonds is 5. The molecule has 0 aromatic carbocycles. The number of hydrogen-bond donors (Lipinski definition) is 1. The summed E-state index contributed by atoms with van der Waals surface area (Å²) in [7, 11) is -0.206. The Labute approximate surface area is 118 Å². The van der Waals surface area contributed by atoms with Crippen molar-refractivity contribution in [2.75, 3.05) is 12.8 Å². The van der Waals surface area contributed by atoms with E-state index in [2.05, 4.69) is 5.32 Å². The van der Waals surface area contributed by atoms with Crippen molar-refractivity contribution in [3.8, 4) is 0 Å². The Hall–Kier alpha value is -1.41. The summed E-state index contributed by atoms with van der Waals surface area (Å²) in [6.07, 6.45) is 1.18. The summed E-state index contributed by atoms with van der Waals surface area (Å²) in [5, 5.41) is 2.98. The molecule has 0 saturated carbocycles. The molecule has 20 heavy (non-hydrogen) atoms. The van der Waals surface area contributed by atoms with Gasteiger partial charge < -0.3 is 5.32 Å². The molecule has 0 spiro atoms. The molecule has 0 bridgehead atoms. The van der Waals surface area contributed by atoms with E-state index in [0.717, 1.165) is 4.57 Å². The zero-order chi connectivity index (χ0) is 15.7. The van der Waals surface area contributed by atoms with Gasteiger partial charge in [-0.3, -0.25) is 13.9 Å². The first-order valence-electron chi connectivity index (χ1n) is 6.13. The highest BCUT2D eigenvalue weighted by molar-refractivity contribution is 7.92. The van der Waals surface area contributed by atoms with Crippen LogP contribution in [-0.2, 0) is 30.5 Å². The third-order valence-corrected chi connectivity index (χ3v) is 5.64. The van der Waals surface area contributed by atoms with E-state index >= 15 is 0 Å². The van der Waals surface area contributed by atoms with Crippen LogP contribution in [0.5, 0.6) is 0 Å². The molecule has 0 aliphatic heterocycles. The summed E-state index contributed by atoms with van der Waals surface area (Å²) in [5.41, 5.74) is -0.272. The maximum Gasteiger partial charge on any atom is 0.330 e. The van der Waals surface area contributed by atoms with Crippen molar-refractivity contribution in [1.29, 1.82) is 0 Å². The predicted molar refractivity (Wildman–Crippen MR) is 77.6 cm³/mol. The van der Waals surface area contributed by atoms with Crippen molar-refractivity contribution in [3.05, 3.63) is 32.6 Å². The minimum absolute atomic E-state index is 0.231. The second kappa shape index (κ2) is 5.53. The van der Waals surface area contributed by atoms with Gasteiger partial charge in [-0.2, -0.15) is 0 Å². The quantitative estimate of drug-likeness (QED) is 0.753. The van der Waals surface area contributed by atoms with E-state index in [4.69, 9.17) is 0 Å². The molecule has 1 aromatic rings. The number of sulfone groups is 1. The van der Waals surface area contributed by atoms with Crippen LogP contribution in [0.3, 0.4) is 0 Å². The van der Waals surface area contributed by atoms with Gasteiger partial charge in [0.05, 0.1) is 4.75 Å². The van der Waals surface area contributed by atoms with Crippen molar-refractivity contribution in [1.82, 2.24) is 14.5 Å². The van der Waals surface area contributed by atoms with E-state index in [1.165, 1.54) is 23.9 Å². The van der Waals surface area contributed by atoms with Gasteiger partial charge in [-0.25, -0.2) is 13.2 Å². The Morgan fingerprint density at radius 2 is 1.75 bits per heavy atom. The number of nitrogens with one attached hydrogen (secondary N) is 1. The van der Waals surface area contributed by atoms with Gasteiger partial charge in [-0.05, 0) is 13.8 Å². The summed E-state index contributed by atoms with van der Waals surface area (Å²) >= 11 is 0. The van der Waals surface area contributed by atoms with Crippen LogP contribution < -0.4 is 16.6 Å². The highest BCUT2D eigenvalue weighted by Crippen LogP contribution is 2.13. The van der Waals surface area contributed by atoms with Crippen molar-refractivity contribution in [2.24, 2.45) is 14.1 Å². The summed E-state index contributed by atoms with van der Waals surface area (Å²) in [4.78, 5) is 23.3. The van der Waals surface area contributed by atoms with E-state index in [0.29, 0.717) is 5.69 Å². The van der Waals surface area contributed by atoms with E-state index in [1.54, 1.807) is 20.9 Å². The lowest BCUT2D eigenvalue weighted by atomic mass is 10.2. The first-order valence-corrected chi connectivity index (χ1v) is 8.03. The van der Waals surface area contributed by atoms with Gasteiger partial charge in [0.1, 0.15) is 0 Å². The molecule has 8 heteroatoms. The summed E-state index contributed by atoms with van der Waals surface area (Å²) < 4.78 is 24.6. The summed E-state index contributed by atoms with van der Waals surface area (Å²) in [6.45, 7) is 3.73. The van der Waals surface area contributed by atoms with E-state index < -0.39 is 20.3 Å². The van der Waals surface area contributed by atoms with Crippen LogP contribution in [-0.4, -0.2) is 35.1 Å². The van der Waals surface area contributed by atoms with Crippen LogP contribution >= 0.6 is 0 Å². The fourth-order valence-electron chi connectivity index (χ4n) is 1.57. The van der Waals surface area contributed by atoms with Crippen LogP contribution in [0.1, 0.15) is 19.5 Å².